The van der Waals surface area contributed by atoms with Crippen molar-refractivity contribution in [3.8, 4) is 0 Å². The highest BCUT2D eigenvalue weighted by Gasteiger charge is 2.30. The SMILES string of the molecule is CC(C)C(=O)N1CCC(N(C)C(=O)NC2CCC(c3cc(F)cc(F)c3)CC2)CC1. The number of urea groups is 1. The minimum Gasteiger partial charge on any atom is -0.342 e. The molecular formula is C23H33F2N3O2. The number of hydrogen-bond acceptors (Lipinski definition) is 2. The molecular weight excluding hydrogens is 388 g/mol. The van der Waals surface area contributed by atoms with E-state index in [2.05, 4.69) is 5.32 Å². The van der Waals surface area contributed by atoms with Gasteiger partial charge in [0, 0.05) is 44.2 Å². The van der Waals surface area contributed by atoms with Crippen LogP contribution in [0.2, 0.25) is 0 Å². The molecule has 5 nitrogen and oxygen atoms in total. The Morgan fingerprint density at radius 1 is 1.00 bits per heavy atom. The second-order valence-corrected chi connectivity index (χ2v) is 9.02. The van der Waals surface area contributed by atoms with Gasteiger partial charge in [0.15, 0.2) is 0 Å². The summed E-state index contributed by atoms with van der Waals surface area (Å²) in [7, 11) is 1.82. The lowest BCUT2D eigenvalue weighted by Crippen LogP contribution is -2.52. The van der Waals surface area contributed by atoms with Gasteiger partial charge in [-0.1, -0.05) is 13.8 Å². The highest BCUT2D eigenvalue weighted by atomic mass is 19.1. The van der Waals surface area contributed by atoms with Gasteiger partial charge in [0.2, 0.25) is 5.91 Å². The van der Waals surface area contributed by atoms with Crippen molar-refractivity contribution in [2.24, 2.45) is 5.92 Å². The topological polar surface area (TPSA) is 52.7 Å². The maximum Gasteiger partial charge on any atom is 0.317 e. The number of hydrogen-bond donors (Lipinski definition) is 1. The number of benzene rings is 1. The fraction of sp³-hybridized carbons (Fsp3) is 0.652. The van der Waals surface area contributed by atoms with Crippen LogP contribution in [0.5, 0.6) is 0 Å². The normalized spacial score (nSPS) is 22.8. The first-order valence-electron chi connectivity index (χ1n) is 11.0. The lowest BCUT2D eigenvalue weighted by Gasteiger charge is -2.38. The van der Waals surface area contributed by atoms with Crippen LogP contribution in [0.4, 0.5) is 13.6 Å². The molecule has 2 fully saturated rings. The second-order valence-electron chi connectivity index (χ2n) is 9.02. The van der Waals surface area contributed by atoms with Crippen LogP contribution in [0, 0.1) is 17.6 Å². The lowest BCUT2D eigenvalue weighted by atomic mass is 9.81. The van der Waals surface area contributed by atoms with Crippen molar-refractivity contribution < 1.29 is 18.4 Å². The van der Waals surface area contributed by atoms with Crippen LogP contribution in [0.15, 0.2) is 18.2 Å². The van der Waals surface area contributed by atoms with E-state index in [-0.39, 0.29) is 35.9 Å². The first-order chi connectivity index (χ1) is 14.2. The number of rotatable bonds is 4. The lowest BCUT2D eigenvalue weighted by molar-refractivity contribution is -0.135. The Morgan fingerprint density at radius 3 is 2.10 bits per heavy atom. The summed E-state index contributed by atoms with van der Waals surface area (Å²) in [4.78, 5) is 28.5. The number of amides is 3. The Morgan fingerprint density at radius 2 is 1.57 bits per heavy atom. The summed E-state index contributed by atoms with van der Waals surface area (Å²) in [6.07, 6.45) is 4.77. The van der Waals surface area contributed by atoms with Crippen LogP contribution >= 0.6 is 0 Å². The fourth-order valence-corrected chi connectivity index (χ4v) is 4.66. The zero-order chi connectivity index (χ0) is 21.8. The molecule has 3 rings (SSSR count). The molecule has 0 unspecified atom stereocenters. The van der Waals surface area contributed by atoms with Gasteiger partial charge in [-0.2, -0.15) is 0 Å². The average molecular weight is 422 g/mol. The third-order valence-electron chi connectivity index (χ3n) is 6.55. The van der Waals surface area contributed by atoms with E-state index in [9.17, 15) is 18.4 Å². The van der Waals surface area contributed by atoms with Crippen LogP contribution < -0.4 is 5.32 Å². The molecule has 1 saturated heterocycles. The molecule has 0 aromatic heterocycles. The van der Waals surface area contributed by atoms with Gasteiger partial charge in [0.1, 0.15) is 11.6 Å². The van der Waals surface area contributed by atoms with Gasteiger partial charge in [-0.3, -0.25) is 4.79 Å². The summed E-state index contributed by atoms with van der Waals surface area (Å²) in [5.74, 6) is -0.771. The number of carbonyl (C=O) groups is 2. The molecule has 0 radical (unpaired) electrons. The Bertz CT molecular complexity index is 735. The van der Waals surface area contributed by atoms with E-state index >= 15 is 0 Å². The molecule has 1 saturated carbocycles. The van der Waals surface area contributed by atoms with Crippen molar-refractivity contribution in [2.45, 2.75) is 70.4 Å². The van der Waals surface area contributed by atoms with Gasteiger partial charge in [-0.15, -0.1) is 0 Å². The summed E-state index contributed by atoms with van der Waals surface area (Å²) in [6.45, 7) is 5.20. The van der Waals surface area contributed by atoms with Crippen LogP contribution in [0.25, 0.3) is 0 Å². The first kappa shape index (κ1) is 22.5. The summed E-state index contributed by atoms with van der Waals surface area (Å²) >= 11 is 0. The predicted octanol–water partition coefficient (Wildman–Crippen LogP) is 4.28. The van der Waals surface area contributed by atoms with E-state index in [1.165, 1.54) is 12.1 Å². The van der Waals surface area contributed by atoms with Crippen molar-refractivity contribution >= 4 is 11.9 Å². The molecule has 1 aromatic carbocycles. The highest BCUT2D eigenvalue weighted by Crippen LogP contribution is 2.33. The largest absolute Gasteiger partial charge is 0.342 e. The molecule has 0 spiro atoms. The van der Waals surface area contributed by atoms with Gasteiger partial charge in [0.05, 0.1) is 0 Å². The number of nitrogens with zero attached hydrogens (tertiary/aromatic N) is 2. The van der Waals surface area contributed by atoms with E-state index in [0.29, 0.717) is 18.7 Å². The first-order valence-corrected chi connectivity index (χ1v) is 11.0. The van der Waals surface area contributed by atoms with Gasteiger partial charge in [-0.25, -0.2) is 13.6 Å². The third-order valence-corrected chi connectivity index (χ3v) is 6.55. The van der Waals surface area contributed by atoms with E-state index in [1.54, 1.807) is 4.90 Å². The standard InChI is InChI=1S/C23H33F2N3O2/c1-15(2)22(29)28-10-8-21(9-11-28)27(3)23(30)26-20-6-4-16(5-7-20)17-12-18(24)14-19(25)13-17/h12-16,20-21H,4-11H2,1-3H3,(H,26,30). The monoisotopic (exact) mass is 421 g/mol. The van der Waals surface area contributed by atoms with Gasteiger partial charge >= 0.3 is 6.03 Å². The molecule has 30 heavy (non-hydrogen) atoms. The minimum atomic E-state index is -0.539. The molecule has 1 N–H and O–H groups in total. The Balaban J connectivity index is 1.45. The zero-order valence-electron chi connectivity index (χ0n) is 18.2. The molecule has 1 heterocycles. The van der Waals surface area contributed by atoms with E-state index in [0.717, 1.165) is 44.6 Å². The molecule has 166 valence electrons. The van der Waals surface area contributed by atoms with E-state index in [1.807, 2.05) is 25.8 Å². The number of halogens is 2. The van der Waals surface area contributed by atoms with Crippen LogP contribution in [-0.2, 0) is 4.79 Å². The van der Waals surface area contributed by atoms with E-state index < -0.39 is 11.6 Å². The molecule has 0 bridgehead atoms. The van der Waals surface area contributed by atoms with Crippen LogP contribution in [0.1, 0.15) is 63.9 Å². The van der Waals surface area contributed by atoms with Gasteiger partial charge < -0.3 is 15.1 Å². The molecule has 1 aliphatic heterocycles. The number of carbonyl (C=O) groups excluding carboxylic acids is 2. The third kappa shape index (κ3) is 5.49. The number of piperidine rings is 1. The van der Waals surface area contributed by atoms with Gasteiger partial charge in [0.25, 0.3) is 0 Å². The predicted molar refractivity (Wildman–Crippen MR) is 112 cm³/mol. The molecule has 1 aromatic rings. The van der Waals surface area contributed by atoms with Crippen molar-refractivity contribution in [1.29, 1.82) is 0 Å². The Labute approximate surface area is 177 Å². The summed E-state index contributed by atoms with van der Waals surface area (Å²) < 4.78 is 27.0. The van der Waals surface area contributed by atoms with Crippen molar-refractivity contribution in [3.05, 3.63) is 35.4 Å². The molecule has 7 heteroatoms. The van der Waals surface area contributed by atoms with Crippen molar-refractivity contribution in [2.75, 3.05) is 20.1 Å². The van der Waals surface area contributed by atoms with Gasteiger partial charge in [-0.05, 0) is 62.1 Å². The molecule has 2 aliphatic rings. The minimum absolute atomic E-state index is 0.00146. The van der Waals surface area contributed by atoms with Crippen molar-refractivity contribution in [3.63, 3.8) is 0 Å². The zero-order valence-corrected chi connectivity index (χ0v) is 18.2. The summed E-state index contributed by atoms with van der Waals surface area (Å²) in [5.41, 5.74) is 0.706. The summed E-state index contributed by atoms with van der Waals surface area (Å²) in [6, 6.07) is 3.86. The molecule has 3 amide bonds. The van der Waals surface area contributed by atoms with Crippen LogP contribution in [0.3, 0.4) is 0 Å². The smallest absolute Gasteiger partial charge is 0.317 e. The maximum atomic E-state index is 13.5. The van der Waals surface area contributed by atoms with E-state index in [4.69, 9.17) is 0 Å². The molecule has 0 atom stereocenters. The number of likely N-dealkylation sites (tertiary alicyclic amines) is 1. The summed E-state index contributed by atoms with van der Waals surface area (Å²) in [5, 5.41) is 3.12. The number of nitrogens with one attached hydrogen (secondary N) is 1. The molecule has 1 aliphatic carbocycles. The van der Waals surface area contributed by atoms with Crippen molar-refractivity contribution in [1.82, 2.24) is 15.1 Å². The fourth-order valence-electron chi connectivity index (χ4n) is 4.66. The average Bonchev–Trinajstić information content (AvgIpc) is 2.72. The maximum absolute atomic E-state index is 13.5. The quantitative estimate of drug-likeness (QED) is 0.789. The van der Waals surface area contributed by atoms with Crippen LogP contribution in [-0.4, -0.2) is 54.0 Å². The second kappa shape index (κ2) is 9.75. The Hall–Kier alpha value is -2.18. The highest BCUT2D eigenvalue weighted by molar-refractivity contribution is 5.78. The Kier molecular flexibility index (Phi) is 7.32.